The van der Waals surface area contributed by atoms with Crippen LogP contribution in [0.5, 0.6) is 0 Å². The van der Waals surface area contributed by atoms with E-state index in [0.29, 0.717) is 12.6 Å². The second-order valence-corrected chi connectivity index (χ2v) is 5.00. The number of nitrogens with zero attached hydrogens (tertiary/aromatic N) is 1. The van der Waals surface area contributed by atoms with Crippen molar-refractivity contribution in [3.05, 3.63) is 0 Å². The molecule has 2 saturated carbocycles. The van der Waals surface area contributed by atoms with Crippen molar-refractivity contribution in [2.24, 2.45) is 5.92 Å². The van der Waals surface area contributed by atoms with Gasteiger partial charge >= 0.3 is 0 Å². The summed E-state index contributed by atoms with van der Waals surface area (Å²) >= 11 is 0. The quantitative estimate of drug-likeness (QED) is 0.672. The first-order chi connectivity index (χ1) is 7.27. The van der Waals surface area contributed by atoms with Crippen LogP contribution in [0.3, 0.4) is 0 Å². The van der Waals surface area contributed by atoms with Gasteiger partial charge in [-0.15, -0.1) is 0 Å². The standard InChI is InChI=1S/C12H22N2O/c1-14(11-5-6-11)12(15)9-13-8-7-10-3-2-4-10/h10-11,13H,2-9H2,1H3. The first-order valence-electron chi connectivity index (χ1n) is 6.24. The van der Waals surface area contributed by atoms with E-state index in [-0.39, 0.29) is 5.91 Å². The number of carbonyl (C=O) groups excluding carboxylic acids is 1. The molecule has 0 bridgehead atoms. The van der Waals surface area contributed by atoms with Crippen molar-refractivity contribution in [2.75, 3.05) is 20.1 Å². The minimum atomic E-state index is 0.256. The van der Waals surface area contributed by atoms with Crippen LogP contribution in [0, 0.1) is 5.92 Å². The Bertz CT molecular complexity index is 222. The third-order valence-corrected chi connectivity index (χ3v) is 3.72. The maximum atomic E-state index is 11.6. The summed E-state index contributed by atoms with van der Waals surface area (Å²) in [5.74, 6) is 1.19. The largest absolute Gasteiger partial charge is 0.342 e. The third kappa shape index (κ3) is 3.20. The van der Waals surface area contributed by atoms with Crippen molar-refractivity contribution >= 4 is 5.91 Å². The van der Waals surface area contributed by atoms with Gasteiger partial charge in [-0.05, 0) is 31.7 Å². The Hall–Kier alpha value is -0.570. The molecule has 3 nitrogen and oxygen atoms in total. The van der Waals surface area contributed by atoms with Crippen LogP contribution in [0.25, 0.3) is 0 Å². The van der Waals surface area contributed by atoms with Crippen LogP contribution in [0.1, 0.15) is 38.5 Å². The molecule has 0 radical (unpaired) electrons. The molecule has 0 atom stereocenters. The molecule has 0 aromatic rings. The lowest BCUT2D eigenvalue weighted by molar-refractivity contribution is -0.129. The molecule has 0 aromatic heterocycles. The zero-order valence-corrected chi connectivity index (χ0v) is 9.67. The molecule has 0 saturated heterocycles. The summed E-state index contributed by atoms with van der Waals surface area (Å²) in [5, 5.41) is 3.26. The number of amides is 1. The zero-order valence-electron chi connectivity index (χ0n) is 9.67. The lowest BCUT2D eigenvalue weighted by atomic mass is 9.83. The second-order valence-electron chi connectivity index (χ2n) is 5.00. The molecule has 3 heteroatoms. The molecule has 2 fully saturated rings. The van der Waals surface area contributed by atoms with Crippen molar-refractivity contribution < 1.29 is 4.79 Å². The maximum absolute atomic E-state index is 11.6. The first-order valence-corrected chi connectivity index (χ1v) is 6.24. The summed E-state index contributed by atoms with van der Waals surface area (Å²) in [4.78, 5) is 13.5. The van der Waals surface area contributed by atoms with Crippen molar-refractivity contribution in [1.82, 2.24) is 10.2 Å². The highest BCUT2D eigenvalue weighted by molar-refractivity contribution is 5.78. The average Bonchev–Trinajstić information content (AvgIpc) is 2.96. The lowest BCUT2D eigenvalue weighted by Gasteiger charge is -2.25. The fourth-order valence-corrected chi connectivity index (χ4v) is 2.07. The molecule has 0 aromatic carbocycles. The van der Waals surface area contributed by atoms with E-state index in [4.69, 9.17) is 0 Å². The third-order valence-electron chi connectivity index (χ3n) is 3.72. The van der Waals surface area contributed by atoms with Crippen molar-refractivity contribution in [3.63, 3.8) is 0 Å². The number of nitrogens with one attached hydrogen (secondary N) is 1. The number of hydrogen-bond donors (Lipinski definition) is 1. The van der Waals surface area contributed by atoms with Crippen LogP contribution in [0.4, 0.5) is 0 Å². The molecule has 1 N–H and O–H groups in total. The zero-order chi connectivity index (χ0) is 10.7. The van der Waals surface area contributed by atoms with Gasteiger partial charge in [-0.1, -0.05) is 19.3 Å². The summed E-state index contributed by atoms with van der Waals surface area (Å²) in [6.45, 7) is 1.54. The Balaban J connectivity index is 1.50. The molecule has 0 spiro atoms. The normalized spacial score (nSPS) is 21.1. The summed E-state index contributed by atoms with van der Waals surface area (Å²) in [7, 11) is 1.92. The van der Waals surface area contributed by atoms with Gasteiger partial charge in [0.25, 0.3) is 0 Å². The minimum absolute atomic E-state index is 0.256. The summed E-state index contributed by atoms with van der Waals surface area (Å²) in [6.07, 6.45) is 7.86. The predicted molar refractivity (Wildman–Crippen MR) is 60.6 cm³/mol. The van der Waals surface area contributed by atoms with Crippen LogP contribution in [-0.4, -0.2) is 37.0 Å². The molecule has 1 amide bonds. The highest BCUT2D eigenvalue weighted by Crippen LogP contribution is 2.28. The molecule has 0 heterocycles. The lowest BCUT2D eigenvalue weighted by Crippen LogP contribution is -2.37. The van der Waals surface area contributed by atoms with E-state index in [1.54, 1.807) is 0 Å². The molecule has 2 aliphatic carbocycles. The van der Waals surface area contributed by atoms with Crippen LogP contribution in [0.15, 0.2) is 0 Å². The van der Waals surface area contributed by atoms with Crippen LogP contribution in [-0.2, 0) is 4.79 Å². The van der Waals surface area contributed by atoms with Gasteiger partial charge in [-0.25, -0.2) is 0 Å². The molecule has 2 aliphatic rings. The average molecular weight is 210 g/mol. The first kappa shape index (κ1) is 10.9. The van der Waals surface area contributed by atoms with Gasteiger partial charge in [-0.3, -0.25) is 4.79 Å². The Kier molecular flexibility index (Phi) is 3.62. The van der Waals surface area contributed by atoms with E-state index in [1.807, 2.05) is 11.9 Å². The summed E-state index contributed by atoms with van der Waals surface area (Å²) in [6, 6.07) is 0.547. The Morgan fingerprint density at radius 2 is 2.07 bits per heavy atom. The van der Waals surface area contributed by atoms with Gasteiger partial charge in [0.15, 0.2) is 0 Å². The number of carbonyl (C=O) groups is 1. The smallest absolute Gasteiger partial charge is 0.236 e. The highest BCUT2D eigenvalue weighted by Gasteiger charge is 2.29. The summed E-state index contributed by atoms with van der Waals surface area (Å²) < 4.78 is 0. The topological polar surface area (TPSA) is 32.3 Å². The molecule has 2 rings (SSSR count). The molecule has 86 valence electrons. The fourth-order valence-electron chi connectivity index (χ4n) is 2.07. The van der Waals surface area contributed by atoms with Gasteiger partial charge < -0.3 is 10.2 Å². The van der Waals surface area contributed by atoms with Gasteiger partial charge in [0.2, 0.25) is 5.91 Å². The predicted octanol–water partition coefficient (Wildman–Crippen LogP) is 1.39. The van der Waals surface area contributed by atoms with Gasteiger partial charge in [0, 0.05) is 13.1 Å². The Labute approximate surface area is 92.2 Å². The van der Waals surface area contributed by atoms with Crippen molar-refractivity contribution in [3.8, 4) is 0 Å². The number of hydrogen-bond acceptors (Lipinski definition) is 2. The van der Waals surface area contributed by atoms with Gasteiger partial charge in [-0.2, -0.15) is 0 Å². The van der Waals surface area contributed by atoms with Crippen LogP contribution in [0.2, 0.25) is 0 Å². The maximum Gasteiger partial charge on any atom is 0.236 e. The SMILES string of the molecule is CN(C(=O)CNCCC1CCC1)C1CC1. The minimum Gasteiger partial charge on any atom is -0.342 e. The molecule has 15 heavy (non-hydrogen) atoms. The summed E-state index contributed by atoms with van der Waals surface area (Å²) in [5.41, 5.74) is 0. The molecule has 0 unspecified atom stereocenters. The second kappa shape index (κ2) is 4.97. The van der Waals surface area contributed by atoms with Gasteiger partial charge in [0.05, 0.1) is 6.54 Å². The van der Waals surface area contributed by atoms with Crippen molar-refractivity contribution in [2.45, 2.75) is 44.6 Å². The van der Waals surface area contributed by atoms with E-state index in [0.717, 1.165) is 12.5 Å². The fraction of sp³-hybridized carbons (Fsp3) is 0.917. The molecular formula is C12H22N2O. The molecule has 0 aliphatic heterocycles. The van der Waals surface area contributed by atoms with E-state index < -0.39 is 0 Å². The van der Waals surface area contributed by atoms with E-state index in [9.17, 15) is 4.79 Å². The Morgan fingerprint density at radius 1 is 1.33 bits per heavy atom. The number of rotatable bonds is 6. The van der Waals surface area contributed by atoms with E-state index >= 15 is 0 Å². The Morgan fingerprint density at radius 3 is 2.60 bits per heavy atom. The van der Waals surface area contributed by atoms with Crippen LogP contribution < -0.4 is 5.32 Å². The molecular weight excluding hydrogens is 188 g/mol. The van der Waals surface area contributed by atoms with E-state index in [1.165, 1.54) is 38.5 Å². The van der Waals surface area contributed by atoms with Crippen LogP contribution >= 0.6 is 0 Å². The monoisotopic (exact) mass is 210 g/mol. The van der Waals surface area contributed by atoms with E-state index in [2.05, 4.69) is 5.32 Å². The van der Waals surface area contributed by atoms with Crippen molar-refractivity contribution in [1.29, 1.82) is 0 Å². The highest BCUT2D eigenvalue weighted by atomic mass is 16.2. The van der Waals surface area contributed by atoms with Gasteiger partial charge in [0.1, 0.15) is 0 Å². The number of likely N-dealkylation sites (N-methyl/N-ethyl adjacent to an activating group) is 1.